The maximum Gasteiger partial charge on any atom is 0.255 e. The molecule has 1 amide bonds. The van der Waals surface area contributed by atoms with E-state index in [1.807, 2.05) is 0 Å². The number of amides is 1. The van der Waals surface area contributed by atoms with Crippen LogP contribution in [0, 0.1) is 12.8 Å². The third-order valence-corrected chi connectivity index (χ3v) is 5.84. The zero-order valence-electron chi connectivity index (χ0n) is 14.8. The minimum atomic E-state index is -2.56. The number of phenols is 2. The van der Waals surface area contributed by atoms with Gasteiger partial charge in [0.2, 0.25) is 5.78 Å². The van der Waals surface area contributed by atoms with E-state index in [9.17, 15) is 34.8 Å². The van der Waals surface area contributed by atoms with Crippen LogP contribution in [0.15, 0.2) is 29.5 Å². The summed E-state index contributed by atoms with van der Waals surface area (Å²) in [5, 5.41) is 43.0. The Bertz CT molecular complexity index is 1150. The fourth-order valence-electron chi connectivity index (χ4n) is 4.41. The molecule has 0 spiro atoms. The number of carbonyl (C=O) groups is 3. The van der Waals surface area contributed by atoms with E-state index in [-0.39, 0.29) is 29.5 Å². The minimum Gasteiger partial charge on any atom is -0.508 e. The van der Waals surface area contributed by atoms with Crippen molar-refractivity contribution in [2.24, 2.45) is 11.7 Å². The van der Waals surface area contributed by atoms with E-state index in [1.165, 1.54) is 6.07 Å². The highest BCUT2D eigenvalue weighted by atomic mass is 16.3. The molecule has 2 unspecified atom stereocenters. The monoisotopic (exact) mass is 383 g/mol. The van der Waals surface area contributed by atoms with Crippen LogP contribution in [0.1, 0.15) is 27.9 Å². The molecule has 2 aliphatic carbocycles. The Morgan fingerprint density at radius 1 is 1.18 bits per heavy atom. The third-order valence-electron chi connectivity index (χ3n) is 5.84. The lowest BCUT2D eigenvalue weighted by Crippen LogP contribution is -2.56. The maximum atomic E-state index is 13.2. The molecule has 0 radical (unpaired) electrons. The predicted octanol–water partition coefficient (Wildman–Crippen LogP) is 0.916. The van der Waals surface area contributed by atoms with Gasteiger partial charge in [-0.15, -0.1) is 0 Å². The first kappa shape index (κ1) is 18.0. The molecule has 2 aromatic carbocycles. The fraction of sp³-hybridized carbons (Fsp3) is 0.250. The molecular weight excluding hydrogens is 366 g/mol. The molecular formula is C20H17NO7. The number of carbonyl (C=O) groups excluding carboxylic acids is 3. The van der Waals surface area contributed by atoms with Crippen molar-refractivity contribution in [3.05, 3.63) is 46.2 Å². The van der Waals surface area contributed by atoms with Crippen molar-refractivity contribution in [1.29, 1.82) is 0 Å². The summed E-state index contributed by atoms with van der Waals surface area (Å²) >= 11 is 0. The summed E-state index contributed by atoms with van der Waals surface area (Å²) in [5.41, 5.74) is 2.53. The quantitative estimate of drug-likeness (QED) is 0.458. The van der Waals surface area contributed by atoms with E-state index in [1.54, 1.807) is 19.1 Å². The molecule has 0 aliphatic heterocycles. The van der Waals surface area contributed by atoms with Crippen LogP contribution in [0.2, 0.25) is 0 Å². The van der Waals surface area contributed by atoms with Gasteiger partial charge in [0.1, 0.15) is 22.8 Å². The van der Waals surface area contributed by atoms with E-state index in [0.29, 0.717) is 16.5 Å². The Morgan fingerprint density at radius 2 is 1.86 bits per heavy atom. The molecule has 0 bridgehead atoms. The van der Waals surface area contributed by atoms with Gasteiger partial charge in [-0.05, 0) is 35.9 Å². The van der Waals surface area contributed by atoms with Crippen molar-refractivity contribution < 1.29 is 34.8 Å². The van der Waals surface area contributed by atoms with Crippen molar-refractivity contribution in [3.63, 3.8) is 0 Å². The second-order valence-corrected chi connectivity index (χ2v) is 7.24. The van der Waals surface area contributed by atoms with Crippen LogP contribution in [0.4, 0.5) is 0 Å². The maximum absolute atomic E-state index is 13.2. The first-order valence-electron chi connectivity index (χ1n) is 8.60. The summed E-state index contributed by atoms with van der Waals surface area (Å²) < 4.78 is 0. The third kappa shape index (κ3) is 2.00. The molecule has 0 fully saturated rings. The summed E-state index contributed by atoms with van der Waals surface area (Å²) in [6.45, 7) is 1.70. The molecule has 0 saturated carbocycles. The molecule has 2 aromatic rings. The van der Waals surface area contributed by atoms with Crippen LogP contribution in [0.3, 0.4) is 0 Å². The van der Waals surface area contributed by atoms with Crippen LogP contribution < -0.4 is 5.73 Å². The molecule has 8 heteroatoms. The van der Waals surface area contributed by atoms with Gasteiger partial charge in [0.25, 0.3) is 5.91 Å². The number of hydrogen-bond acceptors (Lipinski definition) is 7. The SMILES string of the molecule is Cc1c2c(c(O)c3c(O)cccc13)C(=O)C1(O)C(O)=C(C(N)=O)C(=O)CC1C2. The number of rotatable bonds is 1. The molecule has 8 nitrogen and oxygen atoms in total. The van der Waals surface area contributed by atoms with Gasteiger partial charge in [0, 0.05) is 12.3 Å². The summed E-state index contributed by atoms with van der Waals surface area (Å²) in [5.74, 6) is -5.94. The largest absolute Gasteiger partial charge is 0.508 e. The van der Waals surface area contributed by atoms with Gasteiger partial charge >= 0.3 is 0 Å². The zero-order chi connectivity index (χ0) is 20.5. The Hall–Kier alpha value is -3.39. The summed E-state index contributed by atoms with van der Waals surface area (Å²) in [6, 6.07) is 4.61. The Labute approximate surface area is 158 Å². The van der Waals surface area contributed by atoms with Gasteiger partial charge in [-0.1, -0.05) is 12.1 Å². The lowest BCUT2D eigenvalue weighted by molar-refractivity contribution is -0.125. The van der Waals surface area contributed by atoms with Crippen molar-refractivity contribution in [2.75, 3.05) is 0 Å². The number of aliphatic hydroxyl groups excluding tert-OH is 1. The van der Waals surface area contributed by atoms with Crippen molar-refractivity contribution in [1.82, 2.24) is 0 Å². The van der Waals surface area contributed by atoms with E-state index >= 15 is 0 Å². The van der Waals surface area contributed by atoms with Gasteiger partial charge in [0.15, 0.2) is 11.4 Å². The van der Waals surface area contributed by atoms with Crippen LogP contribution in [0.25, 0.3) is 10.8 Å². The van der Waals surface area contributed by atoms with Gasteiger partial charge in [-0.25, -0.2) is 0 Å². The topological polar surface area (TPSA) is 158 Å². The van der Waals surface area contributed by atoms with Crippen LogP contribution in [-0.2, 0) is 16.0 Å². The molecule has 6 N–H and O–H groups in total. The van der Waals surface area contributed by atoms with Crippen molar-refractivity contribution in [3.8, 4) is 11.5 Å². The first-order chi connectivity index (χ1) is 13.1. The summed E-state index contributed by atoms with van der Waals surface area (Å²) in [4.78, 5) is 37.0. The van der Waals surface area contributed by atoms with Crippen molar-refractivity contribution in [2.45, 2.75) is 25.4 Å². The lowest BCUT2D eigenvalue weighted by atomic mass is 9.63. The van der Waals surface area contributed by atoms with Gasteiger partial charge < -0.3 is 26.2 Å². The molecule has 0 saturated heterocycles. The number of aryl methyl sites for hydroxylation is 1. The van der Waals surface area contributed by atoms with E-state index in [0.717, 1.165) is 0 Å². The van der Waals surface area contributed by atoms with Crippen LogP contribution >= 0.6 is 0 Å². The highest BCUT2D eigenvalue weighted by molar-refractivity contribution is 6.23. The lowest BCUT2D eigenvalue weighted by Gasteiger charge is -2.42. The highest BCUT2D eigenvalue weighted by Gasteiger charge is 2.58. The van der Waals surface area contributed by atoms with E-state index in [4.69, 9.17) is 5.73 Å². The molecule has 144 valence electrons. The molecule has 2 atom stereocenters. The highest BCUT2D eigenvalue weighted by Crippen LogP contribution is 2.49. The average Bonchev–Trinajstić information content (AvgIpc) is 2.62. The van der Waals surface area contributed by atoms with E-state index < -0.39 is 46.1 Å². The number of hydrogen-bond donors (Lipinski definition) is 5. The number of aromatic hydroxyl groups is 2. The number of fused-ring (bicyclic) bond motifs is 3. The number of Topliss-reactive ketones (excluding diaryl/α,β-unsaturated/α-hetero) is 2. The number of aliphatic hydroxyl groups is 2. The molecule has 4 rings (SSSR count). The van der Waals surface area contributed by atoms with Gasteiger partial charge in [0.05, 0.1) is 10.9 Å². The van der Waals surface area contributed by atoms with Gasteiger partial charge in [-0.2, -0.15) is 0 Å². The Kier molecular flexibility index (Phi) is 3.57. The average molecular weight is 383 g/mol. The number of primary amides is 1. The second-order valence-electron chi connectivity index (χ2n) is 7.24. The predicted molar refractivity (Wildman–Crippen MR) is 97.0 cm³/mol. The fourth-order valence-corrected chi connectivity index (χ4v) is 4.41. The van der Waals surface area contributed by atoms with Crippen LogP contribution in [0.5, 0.6) is 11.5 Å². The molecule has 0 aromatic heterocycles. The normalized spacial score (nSPS) is 24.3. The minimum absolute atomic E-state index is 0.00437. The molecule has 0 heterocycles. The van der Waals surface area contributed by atoms with Crippen LogP contribution in [-0.4, -0.2) is 43.5 Å². The smallest absolute Gasteiger partial charge is 0.255 e. The standard InChI is InChI=1S/C20H17NO7/c1-7-9-3-2-4-11(22)13(9)16(24)14-10(7)5-8-6-12(23)15(19(21)27)18(26)20(8,28)17(14)25/h2-4,8,22,24,26,28H,5-6H2,1H3,(H2,21,27). The summed E-state index contributed by atoms with van der Waals surface area (Å²) in [7, 11) is 0. The van der Waals surface area contributed by atoms with Gasteiger partial charge in [-0.3, -0.25) is 14.4 Å². The molecule has 2 aliphatic rings. The Balaban J connectivity index is 2.07. The first-order valence-corrected chi connectivity index (χ1v) is 8.60. The van der Waals surface area contributed by atoms with Crippen molar-refractivity contribution >= 4 is 28.2 Å². The van der Waals surface area contributed by atoms with E-state index in [2.05, 4.69) is 0 Å². The Morgan fingerprint density at radius 3 is 2.50 bits per heavy atom. The number of ketones is 2. The summed E-state index contributed by atoms with van der Waals surface area (Å²) in [6.07, 6.45) is -0.354. The number of nitrogens with two attached hydrogens (primary N) is 1. The molecule has 28 heavy (non-hydrogen) atoms. The zero-order valence-corrected chi connectivity index (χ0v) is 14.8. The second kappa shape index (κ2) is 5.56. The number of benzene rings is 2. The number of phenolic OH excluding ortho intramolecular Hbond substituents is 2.